The lowest BCUT2D eigenvalue weighted by Crippen LogP contribution is -2.35. The minimum atomic E-state index is -4.03. The van der Waals surface area contributed by atoms with E-state index in [-0.39, 0.29) is 20.6 Å². The number of halogens is 3. The van der Waals surface area contributed by atoms with Crippen molar-refractivity contribution in [1.29, 1.82) is 0 Å². The van der Waals surface area contributed by atoms with Gasteiger partial charge in [0.2, 0.25) is 15.9 Å². The van der Waals surface area contributed by atoms with Crippen molar-refractivity contribution >= 4 is 44.8 Å². The van der Waals surface area contributed by atoms with Crippen LogP contribution in [0, 0.1) is 5.82 Å². The molecule has 5 nitrogen and oxygen atoms in total. The number of para-hydroxylation sites is 1. The van der Waals surface area contributed by atoms with Crippen LogP contribution in [-0.2, 0) is 14.8 Å². The van der Waals surface area contributed by atoms with E-state index in [2.05, 4.69) is 5.32 Å². The van der Waals surface area contributed by atoms with Gasteiger partial charge in [0.1, 0.15) is 10.7 Å². The van der Waals surface area contributed by atoms with Crippen LogP contribution in [0.25, 0.3) is 0 Å². The molecule has 0 spiro atoms. The summed E-state index contributed by atoms with van der Waals surface area (Å²) in [5.41, 5.74) is -0.0333. The summed E-state index contributed by atoms with van der Waals surface area (Å²) in [7, 11) is -2.81. The summed E-state index contributed by atoms with van der Waals surface area (Å²) < 4.78 is 39.3. The standard InChI is InChI=1S/C15H13Cl2FN2O3S/c1-20(9-15(21)19-13-5-3-2-4-12(13)18)24(22,23)14-8-10(16)6-7-11(14)17/h2-8H,9H2,1H3,(H,19,21). The van der Waals surface area contributed by atoms with Crippen LogP contribution < -0.4 is 5.32 Å². The summed E-state index contributed by atoms with van der Waals surface area (Å²) in [5, 5.41) is 2.49. The number of carbonyl (C=O) groups excluding carboxylic acids is 1. The van der Waals surface area contributed by atoms with Gasteiger partial charge in [-0.15, -0.1) is 0 Å². The Labute approximate surface area is 149 Å². The van der Waals surface area contributed by atoms with Gasteiger partial charge in [-0.25, -0.2) is 12.8 Å². The smallest absolute Gasteiger partial charge is 0.244 e. The molecule has 2 rings (SSSR count). The van der Waals surface area contributed by atoms with Crippen LogP contribution >= 0.6 is 23.2 Å². The Hall–Kier alpha value is -1.67. The fourth-order valence-corrected chi connectivity index (χ4v) is 3.74. The highest BCUT2D eigenvalue weighted by atomic mass is 35.5. The fourth-order valence-electron chi connectivity index (χ4n) is 1.88. The van der Waals surface area contributed by atoms with Gasteiger partial charge in [0, 0.05) is 12.1 Å². The molecule has 0 atom stereocenters. The van der Waals surface area contributed by atoms with Gasteiger partial charge in [-0.2, -0.15) is 4.31 Å². The van der Waals surface area contributed by atoms with Crippen molar-refractivity contribution in [1.82, 2.24) is 4.31 Å². The zero-order valence-electron chi connectivity index (χ0n) is 12.5. The molecular weight excluding hydrogens is 378 g/mol. The third kappa shape index (κ3) is 4.24. The number of hydrogen-bond acceptors (Lipinski definition) is 3. The molecule has 0 aliphatic carbocycles. The lowest BCUT2D eigenvalue weighted by Gasteiger charge is -2.18. The number of likely N-dealkylation sites (N-methyl/N-ethyl adjacent to an activating group) is 1. The molecule has 128 valence electrons. The van der Waals surface area contributed by atoms with E-state index in [9.17, 15) is 17.6 Å². The molecule has 9 heteroatoms. The zero-order valence-corrected chi connectivity index (χ0v) is 14.8. The second kappa shape index (κ2) is 7.48. The van der Waals surface area contributed by atoms with Crippen LogP contribution in [0.3, 0.4) is 0 Å². The number of rotatable bonds is 5. The number of anilines is 1. The minimum Gasteiger partial charge on any atom is -0.322 e. The summed E-state index contributed by atoms with van der Waals surface area (Å²) in [6.07, 6.45) is 0. The van der Waals surface area contributed by atoms with Gasteiger partial charge in [-0.1, -0.05) is 35.3 Å². The van der Waals surface area contributed by atoms with E-state index in [0.29, 0.717) is 0 Å². The maximum Gasteiger partial charge on any atom is 0.244 e. The van der Waals surface area contributed by atoms with Crippen molar-refractivity contribution in [3.63, 3.8) is 0 Å². The van der Waals surface area contributed by atoms with Crippen molar-refractivity contribution in [2.24, 2.45) is 0 Å². The van der Waals surface area contributed by atoms with Gasteiger partial charge in [0.05, 0.1) is 17.3 Å². The van der Waals surface area contributed by atoms with E-state index >= 15 is 0 Å². The molecule has 0 unspecified atom stereocenters. The number of carbonyl (C=O) groups is 1. The Kier molecular flexibility index (Phi) is 5.82. The third-order valence-corrected chi connectivity index (χ3v) is 5.62. The normalized spacial score (nSPS) is 11.5. The number of benzene rings is 2. The Morgan fingerprint density at radius 3 is 2.54 bits per heavy atom. The second-order valence-electron chi connectivity index (χ2n) is 4.86. The Morgan fingerprint density at radius 1 is 1.21 bits per heavy atom. The van der Waals surface area contributed by atoms with Crippen molar-refractivity contribution in [3.05, 3.63) is 58.3 Å². The molecule has 0 heterocycles. The summed E-state index contributed by atoms with van der Waals surface area (Å²) in [5.74, 6) is -1.31. The second-order valence-corrected chi connectivity index (χ2v) is 7.72. The Balaban J connectivity index is 2.16. The molecule has 0 bridgehead atoms. The molecular formula is C15H13Cl2FN2O3S. The van der Waals surface area contributed by atoms with Gasteiger partial charge in [0.25, 0.3) is 0 Å². The predicted octanol–water partition coefficient (Wildman–Crippen LogP) is 3.39. The SMILES string of the molecule is CN(CC(=O)Nc1ccccc1F)S(=O)(=O)c1cc(Cl)ccc1Cl. The monoisotopic (exact) mass is 390 g/mol. The Bertz CT molecular complexity index is 875. The van der Waals surface area contributed by atoms with Crippen LogP contribution in [0.1, 0.15) is 0 Å². The number of amides is 1. The summed E-state index contributed by atoms with van der Waals surface area (Å²) in [6.45, 7) is -0.514. The maximum atomic E-state index is 13.5. The molecule has 1 N–H and O–H groups in total. The van der Waals surface area contributed by atoms with E-state index in [1.165, 1.54) is 43.4 Å². The van der Waals surface area contributed by atoms with E-state index in [4.69, 9.17) is 23.2 Å². The van der Waals surface area contributed by atoms with Crippen molar-refractivity contribution < 1.29 is 17.6 Å². The quantitative estimate of drug-likeness (QED) is 0.850. The molecule has 0 aromatic heterocycles. The maximum absolute atomic E-state index is 13.5. The van der Waals surface area contributed by atoms with Crippen molar-refractivity contribution in [2.45, 2.75) is 4.90 Å². The van der Waals surface area contributed by atoms with Crippen LogP contribution in [0.5, 0.6) is 0 Å². The van der Waals surface area contributed by atoms with E-state index in [1.807, 2.05) is 0 Å². The molecule has 0 saturated carbocycles. The lowest BCUT2D eigenvalue weighted by atomic mass is 10.3. The molecule has 2 aromatic rings. The molecule has 0 aliphatic heterocycles. The average Bonchev–Trinajstić information content (AvgIpc) is 2.51. The molecule has 2 aromatic carbocycles. The van der Waals surface area contributed by atoms with Crippen LogP contribution in [0.4, 0.5) is 10.1 Å². The molecule has 0 aliphatic rings. The summed E-state index contributed by atoms with van der Waals surface area (Å²) in [6, 6.07) is 9.58. The first kappa shape index (κ1) is 18.7. The molecule has 0 radical (unpaired) electrons. The van der Waals surface area contributed by atoms with Crippen LogP contribution in [0.15, 0.2) is 47.4 Å². The molecule has 24 heavy (non-hydrogen) atoms. The minimum absolute atomic E-state index is 0.0132. The topological polar surface area (TPSA) is 66.5 Å². The van der Waals surface area contributed by atoms with Crippen molar-refractivity contribution in [2.75, 3.05) is 18.9 Å². The number of sulfonamides is 1. The number of hydrogen-bond donors (Lipinski definition) is 1. The third-order valence-electron chi connectivity index (χ3n) is 3.10. The van der Waals surface area contributed by atoms with Gasteiger partial charge in [-0.3, -0.25) is 4.79 Å². The lowest BCUT2D eigenvalue weighted by molar-refractivity contribution is -0.116. The van der Waals surface area contributed by atoms with E-state index < -0.39 is 28.3 Å². The Morgan fingerprint density at radius 2 is 1.88 bits per heavy atom. The van der Waals surface area contributed by atoms with Gasteiger partial charge < -0.3 is 5.32 Å². The van der Waals surface area contributed by atoms with Crippen molar-refractivity contribution in [3.8, 4) is 0 Å². The molecule has 0 saturated heterocycles. The highest BCUT2D eigenvalue weighted by molar-refractivity contribution is 7.89. The number of nitrogens with one attached hydrogen (secondary N) is 1. The largest absolute Gasteiger partial charge is 0.322 e. The highest BCUT2D eigenvalue weighted by Crippen LogP contribution is 2.27. The van der Waals surface area contributed by atoms with E-state index in [0.717, 1.165) is 4.31 Å². The first-order valence-corrected chi connectivity index (χ1v) is 8.87. The number of nitrogens with zero attached hydrogens (tertiary/aromatic N) is 1. The summed E-state index contributed by atoms with van der Waals surface area (Å²) in [4.78, 5) is 11.8. The first-order chi connectivity index (χ1) is 11.2. The summed E-state index contributed by atoms with van der Waals surface area (Å²) >= 11 is 11.7. The highest BCUT2D eigenvalue weighted by Gasteiger charge is 2.26. The predicted molar refractivity (Wildman–Crippen MR) is 91.3 cm³/mol. The molecule has 1 amide bonds. The zero-order chi connectivity index (χ0) is 17.9. The average molecular weight is 391 g/mol. The molecule has 0 fully saturated rings. The first-order valence-electron chi connectivity index (χ1n) is 6.67. The van der Waals surface area contributed by atoms with Crippen LogP contribution in [-0.4, -0.2) is 32.2 Å². The van der Waals surface area contributed by atoms with Gasteiger partial charge in [-0.05, 0) is 30.3 Å². The fraction of sp³-hybridized carbons (Fsp3) is 0.133. The van der Waals surface area contributed by atoms with Crippen LogP contribution in [0.2, 0.25) is 10.0 Å². The van der Waals surface area contributed by atoms with Gasteiger partial charge in [0.15, 0.2) is 0 Å². The van der Waals surface area contributed by atoms with Gasteiger partial charge >= 0.3 is 0 Å². The van der Waals surface area contributed by atoms with E-state index in [1.54, 1.807) is 6.07 Å².